The van der Waals surface area contributed by atoms with Crippen LogP contribution in [-0.4, -0.2) is 45.7 Å². The fraction of sp³-hybridized carbons (Fsp3) is 0.417. The standard InChI is InChI=1S/C24H33N3O6S/c1-17-9-10-21(18(2)15-17)32-14-11-22(28)27-19-7-6-8-20(16-19)34(30,31)26-13-12-25-23(29)33-24(3,4)5/h6-10,15-16,26H,11-14H2,1-5H3,(H,25,29)(H,27,28). The van der Waals surface area contributed by atoms with Crippen LogP contribution in [0.3, 0.4) is 0 Å². The molecule has 0 radical (unpaired) electrons. The van der Waals surface area contributed by atoms with Crippen LogP contribution in [0.5, 0.6) is 5.75 Å². The number of alkyl carbamates (subject to hydrolysis) is 1. The summed E-state index contributed by atoms with van der Waals surface area (Å²) in [6.07, 6.45) is -0.517. The van der Waals surface area contributed by atoms with Crippen molar-refractivity contribution in [3.8, 4) is 5.75 Å². The molecule has 186 valence electrons. The second kappa shape index (κ2) is 11.8. The Balaban J connectivity index is 1.83. The van der Waals surface area contributed by atoms with Gasteiger partial charge in [-0.15, -0.1) is 0 Å². The molecular weight excluding hydrogens is 458 g/mol. The van der Waals surface area contributed by atoms with Crippen LogP contribution < -0.4 is 20.1 Å². The van der Waals surface area contributed by atoms with Crippen LogP contribution >= 0.6 is 0 Å². The zero-order chi connectivity index (χ0) is 25.4. The van der Waals surface area contributed by atoms with Crippen molar-refractivity contribution >= 4 is 27.7 Å². The molecule has 0 fully saturated rings. The number of benzene rings is 2. The summed E-state index contributed by atoms with van der Waals surface area (Å²) < 4.78 is 38.3. The minimum Gasteiger partial charge on any atom is -0.493 e. The molecule has 2 aromatic rings. The molecule has 0 aliphatic rings. The average Bonchev–Trinajstić information content (AvgIpc) is 2.72. The molecule has 0 heterocycles. The SMILES string of the molecule is Cc1ccc(OCCC(=O)Nc2cccc(S(=O)(=O)NCCNC(=O)OC(C)(C)C)c2)c(C)c1. The molecule has 2 rings (SSSR count). The molecule has 0 bridgehead atoms. The smallest absolute Gasteiger partial charge is 0.407 e. The second-order valence-electron chi connectivity index (χ2n) is 8.77. The molecular formula is C24H33N3O6S. The maximum Gasteiger partial charge on any atom is 0.407 e. The highest BCUT2D eigenvalue weighted by molar-refractivity contribution is 7.89. The topological polar surface area (TPSA) is 123 Å². The fourth-order valence-corrected chi connectivity index (χ4v) is 4.00. The first-order valence-corrected chi connectivity index (χ1v) is 12.4. The highest BCUT2D eigenvalue weighted by atomic mass is 32.2. The first kappa shape index (κ1) is 27.1. The molecule has 2 aromatic carbocycles. The van der Waals surface area contributed by atoms with Gasteiger partial charge in [0.25, 0.3) is 0 Å². The third-order valence-corrected chi connectivity index (χ3v) is 5.89. The van der Waals surface area contributed by atoms with Crippen molar-refractivity contribution in [2.45, 2.75) is 51.5 Å². The third-order valence-electron chi connectivity index (χ3n) is 4.43. The highest BCUT2D eigenvalue weighted by Crippen LogP contribution is 2.19. The minimum atomic E-state index is -3.83. The van der Waals surface area contributed by atoms with Gasteiger partial charge in [0.05, 0.1) is 17.9 Å². The number of sulfonamides is 1. The van der Waals surface area contributed by atoms with Gasteiger partial charge >= 0.3 is 6.09 Å². The molecule has 0 saturated carbocycles. The summed E-state index contributed by atoms with van der Waals surface area (Å²) in [7, 11) is -3.83. The Bertz CT molecular complexity index is 1110. The van der Waals surface area contributed by atoms with Crippen molar-refractivity contribution in [1.29, 1.82) is 0 Å². The van der Waals surface area contributed by atoms with E-state index in [1.54, 1.807) is 26.8 Å². The van der Waals surface area contributed by atoms with Crippen LogP contribution in [0.2, 0.25) is 0 Å². The predicted octanol–water partition coefficient (Wildman–Crippen LogP) is 3.51. The second-order valence-corrected chi connectivity index (χ2v) is 10.5. The lowest BCUT2D eigenvalue weighted by Gasteiger charge is -2.19. The van der Waals surface area contributed by atoms with Crippen molar-refractivity contribution < 1.29 is 27.5 Å². The van der Waals surface area contributed by atoms with E-state index in [4.69, 9.17) is 9.47 Å². The number of nitrogens with one attached hydrogen (secondary N) is 3. The quantitative estimate of drug-likeness (QED) is 0.437. The van der Waals surface area contributed by atoms with Gasteiger partial charge in [0.15, 0.2) is 0 Å². The lowest BCUT2D eigenvalue weighted by molar-refractivity contribution is -0.116. The Morgan fingerprint density at radius 1 is 1.00 bits per heavy atom. The molecule has 0 saturated heterocycles. The maximum atomic E-state index is 12.5. The molecule has 0 aliphatic heterocycles. The van der Waals surface area contributed by atoms with Crippen LogP contribution in [0.15, 0.2) is 47.4 Å². The molecule has 2 amide bonds. The number of amides is 2. The van der Waals surface area contributed by atoms with E-state index in [0.29, 0.717) is 5.69 Å². The van der Waals surface area contributed by atoms with E-state index < -0.39 is 21.7 Å². The summed E-state index contributed by atoms with van der Waals surface area (Å²) in [6, 6.07) is 11.7. The molecule has 10 heteroatoms. The number of hydrogen-bond acceptors (Lipinski definition) is 6. The molecule has 3 N–H and O–H groups in total. The first-order chi connectivity index (χ1) is 15.9. The normalized spacial score (nSPS) is 11.6. The fourth-order valence-electron chi connectivity index (χ4n) is 2.93. The molecule has 0 atom stereocenters. The monoisotopic (exact) mass is 491 g/mol. The van der Waals surface area contributed by atoms with Crippen LogP contribution in [0.4, 0.5) is 10.5 Å². The van der Waals surface area contributed by atoms with Gasteiger partial charge in [0.1, 0.15) is 11.4 Å². The lowest BCUT2D eigenvalue weighted by Crippen LogP contribution is -2.37. The number of ether oxygens (including phenoxy) is 2. The van der Waals surface area contributed by atoms with Gasteiger partial charge in [0, 0.05) is 18.8 Å². The number of carbonyl (C=O) groups excluding carboxylic acids is 2. The molecule has 0 aromatic heterocycles. The van der Waals surface area contributed by atoms with Crippen LogP contribution in [0.25, 0.3) is 0 Å². The van der Waals surface area contributed by atoms with E-state index in [1.165, 1.54) is 18.2 Å². The van der Waals surface area contributed by atoms with E-state index >= 15 is 0 Å². The number of aryl methyl sites for hydroxylation is 2. The summed E-state index contributed by atoms with van der Waals surface area (Å²) in [4.78, 5) is 23.9. The van der Waals surface area contributed by atoms with Gasteiger partial charge in [0.2, 0.25) is 15.9 Å². The zero-order valence-electron chi connectivity index (χ0n) is 20.2. The van der Waals surface area contributed by atoms with Crippen LogP contribution in [0.1, 0.15) is 38.3 Å². The zero-order valence-corrected chi connectivity index (χ0v) is 21.0. The van der Waals surface area contributed by atoms with E-state index in [9.17, 15) is 18.0 Å². The summed E-state index contributed by atoms with van der Waals surface area (Å²) in [5.41, 5.74) is 1.84. The lowest BCUT2D eigenvalue weighted by atomic mass is 10.1. The van der Waals surface area contributed by atoms with Gasteiger partial charge in [-0.3, -0.25) is 4.79 Å². The minimum absolute atomic E-state index is 0.00546. The van der Waals surface area contributed by atoms with E-state index in [-0.39, 0.29) is 36.9 Å². The van der Waals surface area contributed by atoms with E-state index in [1.807, 2.05) is 32.0 Å². The molecule has 0 spiro atoms. The number of hydrogen-bond donors (Lipinski definition) is 3. The van der Waals surface area contributed by atoms with Crippen LogP contribution in [-0.2, 0) is 19.6 Å². The van der Waals surface area contributed by atoms with Crippen molar-refractivity contribution in [3.05, 3.63) is 53.6 Å². The Labute approximate surface area is 201 Å². The van der Waals surface area contributed by atoms with Crippen molar-refractivity contribution in [2.24, 2.45) is 0 Å². The Kier molecular flexibility index (Phi) is 9.46. The molecule has 0 aliphatic carbocycles. The molecule has 0 unspecified atom stereocenters. The Morgan fingerprint density at radius 2 is 1.74 bits per heavy atom. The Hall–Kier alpha value is -3.11. The van der Waals surface area contributed by atoms with Crippen molar-refractivity contribution in [1.82, 2.24) is 10.0 Å². The molecule has 34 heavy (non-hydrogen) atoms. The third kappa shape index (κ3) is 9.40. The number of carbonyl (C=O) groups is 2. The van der Waals surface area contributed by atoms with E-state index in [0.717, 1.165) is 16.9 Å². The summed E-state index contributed by atoms with van der Waals surface area (Å²) >= 11 is 0. The summed E-state index contributed by atoms with van der Waals surface area (Å²) in [5.74, 6) is 0.424. The largest absolute Gasteiger partial charge is 0.493 e. The van der Waals surface area contributed by atoms with Gasteiger partial charge in [-0.2, -0.15) is 0 Å². The number of rotatable bonds is 10. The van der Waals surface area contributed by atoms with Gasteiger partial charge < -0.3 is 20.1 Å². The summed E-state index contributed by atoms with van der Waals surface area (Å²) in [6.45, 7) is 9.38. The molecule has 9 nitrogen and oxygen atoms in total. The van der Waals surface area contributed by atoms with Gasteiger partial charge in [-0.25, -0.2) is 17.9 Å². The predicted molar refractivity (Wildman–Crippen MR) is 131 cm³/mol. The maximum absolute atomic E-state index is 12.5. The first-order valence-electron chi connectivity index (χ1n) is 10.9. The summed E-state index contributed by atoms with van der Waals surface area (Å²) in [5, 5.41) is 5.16. The Morgan fingerprint density at radius 3 is 2.41 bits per heavy atom. The number of anilines is 1. The van der Waals surface area contributed by atoms with Gasteiger partial charge in [-0.1, -0.05) is 23.8 Å². The van der Waals surface area contributed by atoms with Crippen molar-refractivity contribution in [2.75, 3.05) is 25.0 Å². The van der Waals surface area contributed by atoms with E-state index in [2.05, 4.69) is 15.4 Å². The van der Waals surface area contributed by atoms with Crippen LogP contribution in [0, 0.1) is 13.8 Å². The van der Waals surface area contributed by atoms with Gasteiger partial charge in [-0.05, 0) is 64.4 Å². The van der Waals surface area contributed by atoms with Crippen molar-refractivity contribution in [3.63, 3.8) is 0 Å². The highest BCUT2D eigenvalue weighted by Gasteiger charge is 2.17. The average molecular weight is 492 g/mol.